The number of benzene rings is 3. The molecule has 1 N–H and O–H groups in total. The number of rotatable bonds is 4. The molecule has 0 fully saturated rings. The molecular weight excluding hydrogens is 393 g/mol. The van der Waals surface area contributed by atoms with Crippen LogP contribution < -0.4 is 5.32 Å². The summed E-state index contributed by atoms with van der Waals surface area (Å²) in [6.07, 6.45) is 3.30. The van der Waals surface area contributed by atoms with Crippen LogP contribution in [0.3, 0.4) is 0 Å². The smallest absolute Gasteiger partial charge is 0.259 e. The first kappa shape index (κ1) is 18.7. The van der Waals surface area contributed by atoms with Crippen LogP contribution in [0, 0.1) is 12.7 Å². The van der Waals surface area contributed by atoms with Crippen LogP contribution >= 0.6 is 0 Å². The first-order valence-electron chi connectivity index (χ1n) is 9.74. The highest BCUT2D eigenvalue weighted by Gasteiger charge is 2.15. The third kappa shape index (κ3) is 3.46. The second-order valence-electron chi connectivity index (χ2n) is 7.14. The Balaban J connectivity index is 1.36. The van der Waals surface area contributed by atoms with Crippen molar-refractivity contribution in [2.45, 2.75) is 6.92 Å². The predicted octanol–water partition coefficient (Wildman–Crippen LogP) is 4.91. The SMILES string of the molecule is Cc1c(C(=O)Nc2ccc(-n3cnc4ccccc43)cc2)cnn1-c1ccc(F)cc1. The Labute approximate surface area is 177 Å². The highest BCUT2D eigenvalue weighted by atomic mass is 19.1. The third-order valence-electron chi connectivity index (χ3n) is 5.18. The molecule has 2 aromatic heterocycles. The van der Waals surface area contributed by atoms with Gasteiger partial charge in [0.1, 0.15) is 12.1 Å². The normalized spacial score (nSPS) is 11.0. The Morgan fingerprint density at radius 2 is 1.65 bits per heavy atom. The van der Waals surface area contributed by atoms with Crippen molar-refractivity contribution in [3.05, 3.63) is 102 Å². The fraction of sp³-hybridized carbons (Fsp3) is 0.0417. The van der Waals surface area contributed by atoms with Crippen molar-refractivity contribution >= 4 is 22.6 Å². The van der Waals surface area contributed by atoms with E-state index in [4.69, 9.17) is 0 Å². The fourth-order valence-electron chi connectivity index (χ4n) is 3.54. The fourth-order valence-corrected chi connectivity index (χ4v) is 3.54. The summed E-state index contributed by atoms with van der Waals surface area (Å²) >= 11 is 0. The molecular formula is C24H18FN5O. The van der Waals surface area contributed by atoms with Crippen molar-refractivity contribution in [3.63, 3.8) is 0 Å². The molecule has 0 bridgehead atoms. The van der Waals surface area contributed by atoms with Crippen molar-refractivity contribution in [2.24, 2.45) is 0 Å². The van der Waals surface area contributed by atoms with Crippen LogP contribution in [-0.2, 0) is 0 Å². The molecule has 1 amide bonds. The summed E-state index contributed by atoms with van der Waals surface area (Å²) in [6, 6.07) is 21.4. The van der Waals surface area contributed by atoms with Gasteiger partial charge >= 0.3 is 0 Å². The molecule has 0 saturated heterocycles. The Bertz CT molecular complexity index is 1380. The minimum absolute atomic E-state index is 0.258. The second-order valence-corrected chi connectivity index (χ2v) is 7.14. The van der Waals surface area contributed by atoms with Gasteiger partial charge in [0.25, 0.3) is 5.91 Å². The van der Waals surface area contributed by atoms with Crippen LogP contribution in [0.25, 0.3) is 22.4 Å². The molecule has 0 radical (unpaired) electrons. The largest absolute Gasteiger partial charge is 0.322 e. The van der Waals surface area contributed by atoms with E-state index in [2.05, 4.69) is 15.4 Å². The number of hydrogen-bond donors (Lipinski definition) is 1. The number of fused-ring (bicyclic) bond motifs is 1. The van der Waals surface area contributed by atoms with Crippen molar-refractivity contribution in [3.8, 4) is 11.4 Å². The molecule has 0 aliphatic carbocycles. The Kier molecular flexibility index (Phi) is 4.55. The Morgan fingerprint density at radius 3 is 2.42 bits per heavy atom. The number of carbonyl (C=O) groups excluding carboxylic acids is 1. The van der Waals surface area contributed by atoms with Gasteiger partial charge in [0.05, 0.1) is 34.2 Å². The number of imidazole rings is 1. The number of halogens is 1. The van der Waals surface area contributed by atoms with Gasteiger partial charge in [-0.15, -0.1) is 0 Å². The van der Waals surface area contributed by atoms with Crippen LogP contribution in [0.5, 0.6) is 0 Å². The minimum atomic E-state index is -0.321. The first-order chi connectivity index (χ1) is 15.1. The van der Waals surface area contributed by atoms with Gasteiger partial charge in [0.2, 0.25) is 0 Å². The van der Waals surface area contributed by atoms with Crippen molar-refractivity contribution in [1.82, 2.24) is 19.3 Å². The van der Waals surface area contributed by atoms with Crippen molar-refractivity contribution < 1.29 is 9.18 Å². The maximum Gasteiger partial charge on any atom is 0.259 e. The molecule has 7 heteroatoms. The Morgan fingerprint density at radius 1 is 0.935 bits per heavy atom. The highest BCUT2D eigenvalue weighted by molar-refractivity contribution is 6.05. The summed E-state index contributed by atoms with van der Waals surface area (Å²) in [5.41, 5.74) is 5.38. The zero-order chi connectivity index (χ0) is 21.4. The molecule has 6 nitrogen and oxygen atoms in total. The maximum absolute atomic E-state index is 13.2. The second kappa shape index (κ2) is 7.53. The van der Waals surface area contributed by atoms with E-state index < -0.39 is 0 Å². The zero-order valence-electron chi connectivity index (χ0n) is 16.7. The van der Waals surface area contributed by atoms with Gasteiger partial charge in [-0.25, -0.2) is 14.1 Å². The molecule has 5 rings (SSSR count). The standard InChI is InChI=1S/C24H18FN5O/c1-16-21(14-27-30(16)20-10-6-17(25)7-11-20)24(31)28-18-8-12-19(13-9-18)29-15-26-22-4-2-3-5-23(22)29/h2-15H,1H3,(H,28,31). The van der Waals surface area contributed by atoms with E-state index in [9.17, 15) is 9.18 Å². The Hall–Kier alpha value is -4.26. The average molecular weight is 411 g/mol. The van der Waals surface area contributed by atoms with Gasteiger partial charge in [-0.1, -0.05) is 12.1 Å². The molecule has 0 spiro atoms. The first-order valence-corrected chi connectivity index (χ1v) is 9.74. The van der Waals surface area contributed by atoms with E-state index in [-0.39, 0.29) is 11.7 Å². The van der Waals surface area contributed by atoms with Crippen LogP contribution in [0.2, 0.25) is 0 Å². The summed E-state index contributed by atoms with van der Waals surface area (Å²) in [5.74, 6) is -0.578. The number of para-hydroxylation sites is 2. The van der Waals surface area contributed by atoms with E-state index in [1.165, 1.54) is 18.3 Å². The molecule has 0 saturated carbocycles. The van der Waals surface area contributed by atoms with Gasteiger partial charge in [-0.3, -0.25) is 9.36 Å². The molecule has 0 aliphatic heterocycles. The summed E-state index contributed by atoms with van der Waals surface area (Å²) < 4.78 is 16.8. The number of aromatic nitrogens is 4. The van der Waals surface area contributed by atoms with E-state index >= 15 is 0 Å². The van der Waals surface area contributed by atoms with E-state index in [1.807, 2.05) is 53.1 Å². The lowest BCUT2D eigenvalue weighted by Gasteiger charge is -2.08. The molecule has 152 valence electrons. The highest BCUT2D eigenvalue weighted by Crippen LogP contribution is 2.21. The lowest BCUT2D eigenvalue weighted by Crippen LogP contribution is -2.13. The van der Waals surface area contributed by atoms with Gasteiger partial charge in [-0.05, 0) is 67.6 Å². The molecule has 5 aromatic rings. The molecule has 0 atom stereocenters. The van der Waals surface area contributed by atoms with Gasteiger partial charge < -0.3 is 5.32 Å². The molecule has 3 aromatic carbocycles. The maximum atomic E-state index is 13.2. The molecule has 2 heterocycles. The summed E-state index contributed by atoms with van der Waals surface area (Å²) in [7, 11) is 0. The lowest BCUT2D eigenvalue weighted by molar-refractivity contribution is 0.102. The van der Waals surface area contributed by atoms with E-state index in [1.54, 1.807) is 30.1 Å². The number of hydrogen-bond acceptors (Lipinski definition) is 3. The third-order valence-corrected chi connectivity index (χ3v) is 5.18. The van der Waals surface area contributed by atoms with Crippen LogP contribution in [0.4, 0.5) is 10.1 Å². The number of nitrogens with zero attached hydrogens (tertiary/aromatic N) is 4. The molecule has 31 heavy (non-hydrogen) atoms. The molecule has 0 unspecified atom stereocenters. The van der Waals surface area contributed by atoms with Gasteiger partial charge in [0, 0.05) is 11.4 Å². The molecule has 0 aliphatic rings. The van der Waals surface area contributed by atoms with E-state index in [0.717, 1.165) is 16.7 Å². The summed E-state index contributed by atoms with van der Waals surface area (Å²) in [6.45, 7) is 1.80. The topological polar surface area (TPSA) is 64.7 Å². The van der Waals surface area contributed by atoms with Crippen LogP contribution in [0.15, 0.2) is 85.3 Å². The van der Waals surface area contributed by atoms with Crippen LogP contribution in [0.1, 0.15) is 16.1 Å². The summed E-state index contributed by atoms with van der Waals surface area (Å²) in [5, 5.41) is 7.18. The number of amides is 1. The summed E-state index contributed by atoms with van der Waals surface area (Å²) in [4.78, 5) is 17.2. The minimum Gasteiger partial charge on any atom is -0.322 e. The van der Waals surface area contributed by atoms with Crippen molar-refractivity contribution in [1.29, 1.82) is 0 Å². The number of nitrogens with one attached hydrogen (secondary N) is 1. The van der Waals surface area contributed by atoms with Gasteiger partial charge in [0.15, 0.2) is 0 Å². The predicted molar refractivity (Wildman–Crippen MR) is 117 cm³/mol. The van der Waals surface area contributed by atoms with Crippen molar-refractivity contribution in [2.75, 3.05) is 5.32 Å². The monoisotopic (exact) mass is 411 g/mol. The average Bonchev–Trinajstić information content (AvgIpc) is 3.39. The van der Waals surface area contributed by atoms with E-state index in [0.29, 0.717) is 22.6 Å². The quantitative estimate of drug-likeness (QED) is 0.457. The number of anilines is 1. The zero-order valence-corrected chi connectivity index (χ0v) is 16.7. The van der Waals surface area contributed by atoms with Crippen LogP contribution in [-0.4, -0.2) is 25.2 Å². The number of carbonyl (C=O) groups is 1. The van der Waals surface area contributed by atoms with Gasteiger partial charge in [-0.2, -0.15) is 5.10 Å². The lowest BCUT2D eigenvalue weighted by atomic mass is 10.2.